The molecule has 0 atom stereocenters. The highest BCUT2D eigenvalue weighted by Crippen LogP contribution is 2.53. The Hall–Kier alpha value is -7.60. The second-order valence-electron chi connectivity index (χ2n) is 20.3. The van der Waals surface area contributed by atoms with Crippen LogP contribution in [0.5, 0.6) is 69.0 Å². The van der Waals surface area contributed by atoms with Gasteiger partial charge in [-0.25, -0.2) is 0 Å². The van der Waals surface area contributed by atoms with Crippen molar-refractivity contribution in [3.05, 3.63) is 97.8 Å². The summed E-state index contributed by atoms with van der Waals surface area (Å²) in [5, 5.41) is 12.1. The van der Waals surface area contributed by atoms with Crippen LogP contribution in [0.2, 0.25) is 0 Å². The van der Waals surface area contributed by atoms with Crippen LogP contribution in [0, 0.1) is 17.3 Å². The zero-order valence-corrected chi connectivity index (χ0v) is 42.6. The Kier molecular flexibility index (Phi) is 11.8. The van der Waals surface area contributed by atoms with Gasteiger partial charge in [0.2, 0.25) is 0 Å². The van der Waals surface area contributed by atoms with E-state index in [-0.39, 0.29) is 17.6 Å². The fourth-order valence-corrected chi connectivity index (χ4v) is 12.5. The van der Waals surface area contributed by atoms with E-state index in [9.17, 15) is 0 Å². The zero-order chi connectivity index (χ0) is 50.1. The van der Waals surface area contributed by atoms with Gasteiger partial charge in [-0.15, -0.1) is 0 Å². The van der Waals surface area contributed by atoms with E-state index in [1.54, 1.807) is 67.7 Å². The van der Waals surface area contributed by atoms with E-state index < -0.39 is 0 Å². The lowest BCUT2D eigenvalue weighted by Gasteiger charge is -2.46. The molecule has 2 fully saturated rings. The average Bonchev–Trinajstić information content (AvgIpc) is 3.43. The van der Waals surface area contributed by atoms with Gasteiger partial charge in [-0.1, -0.05) is 13.8 Å². The number of ether oxygens (including phenoxy) is 12. The first-order valence-corrected chi connectivity index (χ1v) is 25.3. The van der Waals surface area contributed by atoms with Crippen molar-refractivity contribution in [3.63, 3.8) is 0 Å². The second-order valence-corrected chi connectivity index (χ2v) is 20.3. The van der Waals surface area contributed by atoms with Crippen molar-refractivity contribution in [2.75, 3.05) is 42.7 Å². The van der Waals surface area contributed by atoms with Crippen molar-refractivity contribution < 1.29 is 56.8 Å². The molecule has 0 amide bonds. The first-order chi connectivity index (χ1) is 35.6. The molecule has 8 aromatic rings. The summed E-state index contributed by atoms with van der Waals surface area (Å²) in [4.78, 5) is 0. The van der Waals surface area contributed by atoms with E-state index in [2.05, 4.69) is 38.1 Å². The van der Waals surface area contributed by atoms with Crippen LogP contribution in [-0.2, 0) is 0 Å². The Balaban J connectivity index is 0.765. The minimum absolute atomic E-state index is 0.0632. The van der Waals surface area contributed by atoms with Crippen LogP contribution in [0.1, 0.15) is 65.2 Å². The summed E-state index contributed by atoms with van der Waals surface area (Å²) >= 11 is 0. The standard InChI is InChI=1S/C61H60O12/c1-61(2,33-9-13-35(14-10-33)72-59-31-47-41(25-53(59)66-7)37-21-49(62-3)51(64-5)23-39(37)43-27-55-57(29-45(43)47)70-19-17-68-55)34-11-15-36(16-12-34)73-60-32-48-42(26-54(60)67-8)38-22-50(63-4)52(65-6)24-40(38)44-28-56-58(30-46(44)48)71-20-18-69-56/h17-36H,9-16H2,1-8H3. The normalized spacial score (nSPS) is 19.4. The van der Waals surface area contributed by atoms with Gasteiger partial charge in [0.25, 0.3) is 0 Å². The predicted octanol–water partition coefficient (Wildman–Crippen LogP) is 14.7. The van der Waals surface area contributed by atoms with Gasteiger partial charge in [-0.3, -0.25) is 0 Å². The van der Waals surface area contributed by atoms with E-state index in [0.717, 1.165) is 128 Å². The van der Waals surface area contributed by atoms with Crippen molar-refractivity contribution in [1.82, 2.24) is 0 Å². The van der Waals surface area contributed by atoms with E-state index >= 15 is 0 Å². The fourth-order valence-electron chi connectivity index (χ4n) is 12.5. The molecule has 376 valence electrons. The van der Waals surface area contributed by atoms with E-state index in [1.165, 1.54) is 0 Å². The summed E-state index contributed by atoms with van der Waals surface area (Å²) in [5.41, 5.74) is 0.158. The molecule has 73 heavy (non-hydrogen) atoms. The number of hydrogen-bond donors (Lipinski definition) is 0. The molecule has 0 aromatic heterocycles. The summed E-state index contributed by atoms with van der Waals surface area (Å²) in [5.74, 6) is 9.19. The van der Waals surface area contributed by atoms with Crippen molar-refractivity contribution >= 4 is 64.6 Å². The van der Waals surface area contributed by atoms with Crippen LogP contribution in [0.4, 0.5) is 0 Å². The average molecular weight is 985 g/mol. The van der Waals surface area contributed by atoms with Crippen molar-refractivity contribution in [3.8, 4) is 69.0 Å². The van der Waals surface area contributed by atoms with Gasteiger partial charge < -0.3 is 56.8 Å². The molecule has 4 aliphatic rings. The first-order valence-electron chi connectivity index (χ1n) is 25.3. The Morgan fingerprint density at radius 3 is 0.740 bits per heavy atom. The molecule has 12 rings (SSSR count). The van der Waals surface area contributed by atoms with Crippen LogP contribution in [0.25, 0.3) is 64.6 Å². The third-order valence-corrected chi connectivity index (χ3v) is 16.5. The Morgan fingerprint density at radius 2 is 0.507 bits per heavy atom. The Labute approximate surface area is 424 Å². The minimum atomic E-state index is 0.0632. The van der Waals surface area contributed by atoms with Crippen LogP contribution in [0.3, 0.4) is 0 Å². The molecule has 12 nitrogen and oxygen atoms in total. The lowest BCUT2D eigenvalue weighted by Crippen LogP contribution is -2.39. The maximum Gasteiger partial charge on any atom is 0.169 e. The molecule has 0 bridgehead atoms. The van der Waals surface area contributed by atoms with Gasteiger partial charge in [-0.2, -0.15) is 0 Å². The quantitative estimate of drug-likeness (QED) is 0.109. The van der Waals surface area contributed by atoms with E-state index in [4.69, 9.17) is 56.8 Å². The summed E-state index contributed by atoms with van der Waals surface area (Å²) in [6, 6.07) is 24.7. The van der Waals surface area contributed by atoms with Crippen LogP contribution in [0.15, 0.2) is 97.8 Å². The number of benzene rings is 8. The molecule has 2 aliphatic heterocycles. The molecule has 0 N–H and O–H groups in total. The summed E-state index contributed by atoms with van der Waals surface area (Å²) in [7, 11) is 10.0. The van der Waals surface area contributed by atoms with Gasteiger partial charge in [0.1, 0.15) is 25.0 Å². The van der Waals surface area contributed by atoms with Gasteiger partial charge in [0.05, 0.1) is 54.9 Å². The summed E-state index contributed by atoms with van der Waals surface area (Å²) in [6.07, 6.45) is 14.6. The fraction of sp³-hybridized carbons (Fsp3) is 0.344. The molecule has 0 saturated heterocycles. The van der Waals surface area contributed by atoms with Gasteiger partial charge in [-0.05, 0) is 206 Å². The lowest BCUT2D eigenvalue weighted by molar-refractivity contribution is 0.0105. The zero-order valence-electron chi connectivity index (χ0n) is 42.6. The molecule has 2 saturated carbocycles. The first kappa shape index (κ1) is 46.5. The van der Waals surface area contributed by atoms with Crippen LogP contribution < -0.4 is 56.8 Å². The van der Waals surface area contributed by atoms with Gasteiger partial charge >= 0.3 is 0 Å². The topological polar surface area (TPSA) is 111 Å². The van der Waals surface area contributed by atoms with Crippen molar-refractivity contribution in [2.24, 2.45) is 17.3 Å². The highest BCUT2D eigenvalue weighted by Gasteiger charge is 2.41. The molecule has 2 heterocycles. The summed E-state index contributed by atoms with van der Waals surface area (Å²) in [6.45, 7) is 4.99. The summed E-state index contributed by atoms with van der Waals surface area (Å²) < 4.78 is 72.8. The lowest BCUT2D eigenvalue weighted by atomic mass is 9.60. The third-order valence-electron chi connectivity index (χ3n) is 16.5. The second kappa shape index (κ2) is 18.5. The number of methoxy groups -OCH3 is 6. The molecule has 8 aromatic carbocycles. The highest BCUT2D eigenvalue weighted by atomic mass is 16.6. The maximum atomic E-state index is 6.96. The smallest absolute Gasteiger partial charge is 0.169 e. The van der Waals surface area contributed by atoms with E-state index in [1.807, 2.05) is 48.5 Å². The van der Waals surface area contributed by atoms with Crippen molar-refractivity contribution in [1.29, 1.82) is 0 Å². The SMILES string of the molecule is COc1cc2c(cc1OC)c1cc3c(cc1c1cc(OC4CCC(C(C)(C)C5CCC(Oc6cc7c(cc6OC)c6cc(OC)c(OC)cc6c6cc8c(cc67)OC=CO8)CC5)CC4)c(OC)cc21)OC=CO3. The predicted molar refractivity (Wildman–Crippen MR) is 285 cm³/mol. The van der Waals surface area contributed by atoms with Crippen LogP contribution in [-0.4, -0.2) is 54.9 Å². The number of fused-ring (bicyclic) bond motifs is 14. The highest BCUT2D eigenvalue weighted by molar-refractivity contribution is 6.28. The van der Waals surface area contributed by atoms with Gasteiger partial charge in [0, 0.05) is 0 Å². The molecule has 0 radical (unpaired) electrons. The molecule has 12 heteroatoms. The monoisotopic (exact) mass is 984 g/mol. The van der Waals surface area contributed by atoms with E-state index in [0.29, 0.717) is 69.3 Å². The largest absolute Gasteiger partial charge is 0.493 e. The molecule has 0 unspecified atom stereocenters. The van der Waals surface area contributed by atoms with Crippen LogP contribution >= 0.6 is 0 Å². The molecule has 2 aliphatic carbocycles. The molecule has 0 spiro atoms. The third kappa shape index (κ3) is 7.88. The Morgan fingerprint density at radius 1 is 0.301 bits per heavy atom. The van der Waals surface area contributed by atoms with Gasteiger partial charge in [0.15, 0.2) is 69.0 Å². The number of hydrogen-bond acceptors (Lipinski definition) is 12. The van der Waals surface area contributed by atoms with Crippen molar-refractivity contribution in [2.45, 2.75) is 77.4 Å². The number of rotatable bonds is 12. The Bertz CT molecular complexity index is 3330. The maximum absolute atomic E-state index is 6.96. The minimum Gasteiger partial charge on any atom is -0.493 e. The molecular weight excluding hydrogens is 925 g/mol. The molecular formula is C61H60O12.